The van der Waals surface area contributed by atoms with Crippen LogP contribution < -0.4 is 0 Å². The van der Waals surface area contributed by atoms with Gasteiger partial charge in [0.2, 0.25) is 0 Å². The van der Waals surface area contributed by atoms with Gasteiger partial charge >= 0.3 is 0 Å². The molecule has 2 aromatic carbocycles. The average molecular weight is 339 g/mol. The van der Waals surface area contributed by atoms with E-state index < -0.39 is 5.60 Å². The molecule has 0 saturated carbocycles. The molecule has 0 spiro atoms. The monoisotopic (exact) mass is 339 g/mol. The van der Waals surface area contributed by atoms with Crippen molar-refractivity contribution >= 4 is 0 Å². The molecule has 25 heavy (non-hydrogen) atoms. The van der Waals surface area contributed by atoms with Gasteiger partial charge in [-0.2, -0.15) is 0 Å². The molecule has 3 nitrogen and oxygen atoms in total. The van der Waals surface area contributed by atoms with E-state index in [4.69, 9.17) is 0 Å². The first kappa shape index (κ1) is 18.1. The molecule has 1 fully saturated rings. The summed E-state index contributed by atoms with van der Waals surface area (Å²) in [6.45, 7) is 3.06. The minimum absolute atomic E-state index is 0.0552. The summed E-state index contributed by atoms with van der Waals surface area (Å²) in [4.78, 5) is 2.45. The molecule has 1 atom stereocenters. The standard InChI is InChI=1S/C22H29NO2/c24-17-14-21(18-23-15-8-3-9-16-23)22(25,19-10-4-1-5-11-19)20-12-6-2-7-13-20/h1-2,4-7,10-13,21,24-25H,3,8-9,14-18H2. The Morgan fingerprint density at radius 1 is 0.840 bits per heavy atom. The van der Waals surface area contributed by atoms with Crippen molar-refractivity contribution < 1.29 is 10.2 Å². The smallest absolute Gasteiger partial charge is 0.119 e. The van der Waals surface area contributed by atoms with E-state index in [9.17, 15) is 10.2 Å². The van der Waals surface area contributed by atoms with E-state index in [2.05, 4.69) is 4.90 Å². The molecular formula is C22H29NO2. The third kappa shape index (κ3) is 4.12. The van der Waals surface area contributed by atoms with Crippen LogP contribution in [0.4, 0.5) is 0 Å². The van der Waals surface area contributed by atoms with Gasteiger partial charge in [-0.05, 0) is 43.5 Å². The summed E-state index contributed by atoms with van der Waals surface area (Å²) in [6, 6.07) is 19.8. The molecule has 1 aliphatic rings. The van der Waals surface area contributed by atoms with Crippen LogP contribution in [0.2, 0.25) is 0 Å². The van der Waals surface area contributed by atoms with Crippen molar-refractivity contribution in [3.8, 4) is 0 Å². The lowest BCUT2D eigenvalue weighted by molar-refractivity contribution is -0.0135. The molecule has 1 aliphatic heterocycles. The number of piperidine rings is 1. The van der Waals surface area contributed by atoms with Gasteiger partial charge in [-0.3, -0.25) is 0 Å². The summed E-state index contributed by atoms with van der Waals surface area (Å²) < 4.78 is 0. The topological polar surface area (TPSA) is 43.7 Å². The van der Waals surface area contributed by atoms with Crippen LogP contribution in [0.3, 0.4) is 0 Å². The zero-order valence-corrected chi connectivity index (χ0v) is 14.8. The first-order valence-corrected chi connectivity index (χ1v) is 9.42. The van der Waals surface area contributed by atoms with Gasteiger partial charge in [-0.15, -0.1) is 0 Å². The van der Waals surface area contributed by atoms with Crippen molar-refractivity contribution in [3.05, 3.63) is 71.8 Å². The summed E-state index contributed by atoms with van der Waals surface area (Å²) in [7, 11) is 0. The lowest BCUT2D eigenvalue weighted by atomic mass is 9.74. The second-order valence-electron chi connectivity index (χ2n) is 7.07. The SMILES string of the molecule is OCCC(CN1CCCCC1)C(O)(c1ccccc1)c1ccccc1. The zero-order chi connectivity index (χ0) is 17.5. The van der Waals surface area contributed by atoms with E-state index in [1.807, 2.05) is 60.7 Å². The summed E-state index contributed by atoms with van der Waals surface area (Å²) >= 11 is 0. The van der Waals surface area contributed by atoms with Crippen LogP contribution >= 0.6 is 0 Å². The van der Waals surface area contributed by atoms with E-state index in [0.29, 0.717) is 6.42 Å². The number of hydrogen-bond donors (Lipinski definition) is 2. The number of nitrogens with zero attached hydrogens (tertiary/aromatic N) is 1. The number of rotatable bonds is 7. The van der Waals surface area contributed by atoms with Crippen molar-refractivity contribution in [3.63, 3.8) is 0 Å². The molecule has 1 saturated heterocycles. The van der Waals surface area contributed by atoms with Crippen LogP contribution in [0.1, 0.15) is 36.8 Å². The van der Waals surface area contributed by atoms with Gasteiger partial charge in [0, 0.05) is 19.1 Å². The number of aliphatic hydroxyl groups is 2. The fourth-order valence-corrected chi connectivity index (χ4v) is 4.06. The maximum absolute atomic E-state index is 11.9. The van der Waals surface area contributed by atoms with Gasteiger partial charge < -0.3 is 15.1 Å². The summed E-state index contributed by atoms with van der Waals surface area (Å²) in [6.07, 6.45) is 4.32. The number of likely N-dealkylation sites (tertiary alicyclic amines) is 1. The first-order valence-electron chi connectivity index (χ1n) is 9.42. The van der Waals surface area contributed by atoms with Crippen molar-refractivity contribution in [2.24, 2.45) is 5.92 Å². The summed E-state index contributed by atoms with van der Waals surface area (Å²) in [5.74, 6) is -0.0552. The van der Waals surface area contributed by atoms with Crippen LogP contribution in [-0.2, 0) is 5.60 Å². The number of hydrogen-bond acceptors (Lipinski definition) is 3. The minimum atomic E-state index is -1.09. The molecule has 0 aromatic heterocycles. The molecule has 3 heteroatoms. The Morgan fingerprint density at radius 3 is 1.84 bits per heavy atom. The molecule has 0 bridgehead atoms. The van der Waals surface area contributed by atoms with E-state index in [0.717, 1.165) is 30.8 Å². The predicted octanol–water partition coefficient (Wildman–Crippen LogP) is 3.41. The normalized spacial score (nSPS) is 17.4. The van der Waals surface area contributed by atoms with E-state index in [1.54, 1.807) is 0 Å². The molecule has 3 rings (SSSR count). The highest BCUT2D eigenvalue weighted by Crippen LogP contribution is 2.39. The quantitative estimate of drug-likeness (QED) is 0.812. The van der Waals surface area contributed by atoms with Crippen LogP contribution in [0.15, 0.2) is 60.7 Å². The van der Waals surface area contributed by atoms with Gasteiger partial charge in [-0.25, -0.2) is 0 Å². The first-order chi connectivity index (χ1) is 12.2. The number of aliphatic hydroxyl groups excluding tert-OH is 1. The lowest BCUT2D eigenvalue weighted by Gasteiger charge is -2.40. The molecule has 2 aromatic rings. The predicted molar refractivity (Wildman–Crippen MR) is 101 cm³/mol. The van der Waals surface area contributed by atoms with Gasteiger partial charge in [0.05, 0.1) is 0 Å². The Labute approximate surface area is 150 Å². The molecule has 0 radical (unpaired) electrons. The molecule has 0 aliphatic carbocycles. The van der Waals surface area contributed by atoms with Crippen molar-refractivity contribution in [1.82, 2.24) is 4.90 Å². The second-order valence-corrected chi connectivity index (χ2v) is 7.07. The van der Waals surface area contributed by atoms with Crippen molar-refractivity contribution in [2.45, 2.75) is 31.3 Å². The van der Waals surface area contributed by atoms with Crippen LogP contribution in [-0.4, -0.2) is 41.4 Å². The Balaban J connectivity index is 1.98. The number of benzene rings is 2. The minimum Gasteiger partial charge on any atom is -0.396 e. The Hall–Kier alpha value is -1.68. The second kappa shape index (κ2) is 8.61. The maximum atomic E-state index is 11.9. The Kier molecular flexibility index (Phi) is 6.24. The van der Waals surface area contributed by atoms with Crippen molar-refractivity contribution in [1.29, 1.82) is 0 Å². The fraction of sp³-hybridized carbons (Fsp3) is 0.455. The van der Waals surface area contributed by atoms with Gasteiger partial charge in [-0.1, -0.05) is 67.1 Å². The molecule has 1 unspecified atom stereocenters. The van der Waals surface area contributed by atoms with E-state index >= 15 is 0 Å². The molecular weight excluding hydrogens is 310 g/mol. The highest BCUT2D eigenvalue weighted by Gasteiger charge is 2.40. The average Bonchev–Trinajstić information content (AvgIpc) is 2.69. The third-order valence-electron chi connectivity index (χ3n) is 5.42. The highest BCUT2D eigenvalue weighted by molar-refractivity contribution is 5.37. The van der Waals surface area contributed by atoms with Crippen LogP contribution in [0.25, 0.3) is 0 Å². The Bertz CT molecular complexity index is 583. The van der Waals surface area contributed by atoms with Gasteiger partial charge in [0.25, 0.3) is 0 Å². The Morgan fingerprint density at radius 2 is 1.36 bits per heavy atom. The summed E-state index contributed by atoms with van der Waals surface area (Å²) in [5.41, 5.74) is 0.705. The summed E-state index contributed by atoms with van der Waals surface area (Å²) in [5, 5.41) is 21.6. The molecule has 134 valence electrons. The van der Waals surface area contributed by atoms with Gasteiger partial charge in [0.15, 0.2) is 0 Å². The lowest BCUT2D eigenvalue weighted by Crippen LogP contribution is -2.45. The highest BCUT2D eigenvalue weighted by atomic mass is 16.3. The van der Waals surface area contributed by atoms with Crippen LogP contribution in [0.5, 0.6) is 0 Å². The van der Waals surface area contributed by atoms with E-state index in [1.165, 1.54) is 19.3 Å². The molecule has 1 heterocycles. The van der Waals surface area contributed by atoms with Gasteiger partial charge in [0.1, 0.15) is 5.60 Å². The van der Waals surface area contributed by atoms with E-state index in [-0.39, 0.29) is 12.5 Å². The maximum Gasteiger partial charge on any atom is 0.119 e. The molecule has 0 amide bonds. The third-order valence-corrected chi connectivity index (χ3v) is 5.42. The van der Waals surface area contributed by atoms with Crippen LogP contribution in [0, 0.1) is 5.92 Å². The largest absolute Gasteiger partial charge is 0.396 e. The van der Waals surface area contributed by atoms with Crippen molar-refractivity contribution in [2.75, 3.05) is 26.2 Å². The molecule has 2 N–H and O–H groups in total. The fourth-order valence-electron chi connectivity index (χ4n) is 4.06. The zero-order valence-electron chi connectivity index (χ0n) is 14.8.